The number of para-hydroxylation sites is 1. The van der Waals surface area contributed by atoms with Crippen molar-refractivity contribution in [1.82, 2.24) is 0 Å². The van der Waals surface area contributed by atoms with Crippen LogP contribution in [0.3, 0.4) is 0 Å². The number of rotatable bonds is 3. The predicted octanol–water partition coefficient (Wildman–Crippen LogP) is 4.33. The standard InChI is InChI=1S/C15H15ClN2S/c1-9-5-3-6-10(2)14(9)18-12-8-4-7-11(16)13(12)15(17)19/h3-8,18H,1-2H3,(H2,17,19). The molecule has 0 bridgehead atoms. The Morgan fingerprint density at radius 2 is 1.68 bits per heavy atom. The van der Waals surface area contributed by atoms with Crippen LogP contribution in [0.4, 0.5) is 11.4 Å². The summed E-state index contributed by atoms with van der Waals surface area (Å²) in [7, 11) is 0. The second kappa shape index (κ2) is 5.59. The fourth-order valence-electron chi connectivity index (χ4n) is 2.03. The summed E-state index contributed by atoms with van der Waals surface area (Å²) in [6.07, 6.45) is 0. The van der Waals surface area contributed by atoms with Crippen LogP contribution < -0.4 is 11.1 Å². The minimum Gasteiger partial charge on any atom is -0.389 e. The molecule has 0 aliphatic carbocycles. The van der Waals surface area contributed by atoms with E-state index in [0.717, 1.165) is 22.5 Å². The molecule has 2 aromatic carbocycles. The average molecular weight is 291 g/mol. The lowest BCUT2D eigenvalue weighted by Crippen LogP contribution is -2.13. The summed E-state index contributed by atoms with van der Waals surface area (Å²) in [4.78, 5) is 0.291. The first kappa shape index (κ1) is 13.8. The molecule has 2 aromatic rings. The van der Waals surface area contributed by atoms with E-state index in [9.17, 15) is 0 Å². The molecule has 0 unspecified atom stereocenters. The molecule has 2 rings (SSSR count). The minimum absolute atomic E-state index is 0.291. The normalized spacial score (nSPS) is 10.3. The zero-order valence-electron chi connectivity index (χ0n) is 10.8. The molecule has 0 radical (unpaired) electrons. The number of halogens is 1. The van der Waals surface area contributed by atoms with Crippen LogP contribution in [-0.2, 0) is 0 Å². The van der Waals surface area contributed by atoms with Gasteiger partial charge in [-0.15, -0.1) is 0 Å². The maximum atomic E-state index is 6.16. The van der Waals surface area contributed by atoms with Crippen LogP contribution >= 0.6 is 23.8 Å². The summed E-state index contributed by atoms with van der Waals surface area (Å²) >= 11 is 11.2. The highest BCUT2D eigenvalue weighted by molar-refractivity contribution is 7.80. The zero-order valence-corrected chi connectivity index (χ0v) is 12.4. The van der Waals surface area contributed by atoms with Gasteiger partial charge in [0.2, 0.25) is 0 Å². The number of benzene rings is 2. The van der Waals surface area contributed by atoms with Gasteiger partial charge in [-0.3, -0.25) is 0 Å². The summed E-state index contributed by atoms with van der Waals surface area (Å²) in [5.41, 5.74) is 10.6. The summed E-state index contributed by atoms with van der Waals surface area (Å²) in [5, 5.41) is 3.94. The van der Waals surface area contributed by atoms with Gasteiger partial charge in [0.25, 0.3) is 0 Å². The van der Waals surface area contributed by atoms with E-state index in [0.29, 0.717) is 15.6 Å². The van der Waals surface area contributed by atoms with Crippen LogP contribution in [0.1, 0.15) is 16.7 Å². The van der Waals surface area contributed by atoms with Crippen molar-refractivity contribution in [2.75, 3.05) is 5.32 Å². The number of hydrogen-bond acceptors (Lipinski definition) is 2. The lowest BCUT2D eigenvalue weighted by molar-refractivity contribution is 1.36. The van der Waals surface area contributed by atoms with E-state index in [-0.39, 0.29) is 0 Å². The molecule has 0 heterocycles. The first-order valence-electron chi connectivity index (χ1n) is 5.92. The summed E-state index contributed by atoms with van der Waals surface area (Å²) in [5.74, 6) is 0. The highest BCUT2D eigenvalue weighted by Gasteiger charge is 2.11. The Labute approximate surface area is 123 Å². The molecule has 0 aromatic heterocycles. The van der Waals surface area contributed by atoms with Crippen LogP contribution in [0.5, 0.6) is 0 Å². The van der Waals surface area contributed by atoms with E-state index >= 15 is 0 Å². The molecule has 0 aliphatic rings. The van der Waals surface area contributed by atoms with Gasteiger partial charge < -0.3 is 11.1 Å². The first-order valence-corrected chi connectivity index (χ1v) is 6.71. The van der Waals surface area contributed by atoms with Gasteiger partial charge >= 0.3 is 0 Å². The number of thiocarbonyl (C=S) groups is 1. The van der Waals surface area contributed by atoms with Gasteiger partial charge in [-0.2, -0.15) is 0 Å². The van der Waals surface area contributed by atoms with Crippen LogP contribution in [0.2, 0.25) is 5.02 Å². The molecule has 0 atom stereocenters. The molecule has 0 aliphatic heterocycles. The maximum absolute atomic E-state index is 6.16. The molecule has 3 N–H and O–H groups in total. The van der Waals surface area contributed by atoms with Crippen molar-refractivity contribution in [2.24, 2.45) is 5.73 Å². The monoisotopic (exact) mass is 290 g/mol. The van der Waals surface area contributed by atoms with E-state index in [1.807, 2.05) is 18.2 Å². The average Bonchev–Trinajstić information content (AvgIpc) is 2.33. The van der Waals surface area contributed by atoms with E-state index in [1.165, 1.54) is 0 Å². The third-order valence-electron chi connectivity index (χ3n) is 3.00. The minimum atomic E-state index is 0.291. The number of hydrogen-bond donors (Lipinski definition) is 2. The van der Waals surface area contributed by atoms with Crippen molar-refractivity contribution in [3.63, 3.8) is 0 Å². The number of anilines is 2. The first-order chi connectivity index (χ1) is 9.00. The Kier molecular flexibility index (Phi) is 4.08. The van der Waals surface area contributed by atoms with Crippen molar-refractivity contribution in [2.45, 2.75) is 13.8 Å². The fourth-order valence-corrected chi connectivity index (χ4v) is 2.58. The van der Waals surface area contributed by atoms with Gasteiger partial charge in [0.05, 0.1) is 16.3 Å². The third-order valence-corrected chi connectivity index (χ3v) is 3.52. The van der Waals surface area contributed by atoms with Crippen molar-refractivity contribution >= 4 is 40.2 Å². The molecular formula is C15H15ClN2S. The summed E-state index contributed by atoms with van der Waals surface area (Å²) in [6, 6.07) is 11.7. The molecule has 0 amide bonds. The van der Waals surface area contributed by atoms with Crippen LogP contribution in [0.25, 0.3) is 0 Å². The van der Waals surface area contributed by atoms with Gasteiger partial charge in [0, 0.05) is 5.69 Å². The Balaban J connectivity index is 2.50. The highest BCUT2D eigenvalue weighted by atomic mass is 35.5. The number of aryl methyl sites for hydroxylation is 2. The smallest absolute Gasteiger partial charge is 0.107 e. The second-order valence-electron chi connectivity index (χ2n) is 4.42. The van der Waals surface area contributed by atoms with Crippen molar-refractivity contribution < 1.29 is 0 Å². The van der Waals surface area contributed by atoms with Crippen LogP contribution in [0, 0.1) is 13.8 Å². The number of nitrogens with one attached hydrogen (secondary N) is 1. The van der Waals surface area contributed by atoms with Gasteiger partial charge in [-0.25, -0.2) is 0 Å². The van der Waals surface area contributed by atoms with Crippen molar-refractivity contribution in [3.05, 3.63) is 58.1 Å². The van der Waals surface area contributed by atoms with Gasteiger partial charge in [-0.1, -0.05) is 48.1 Å². The van der Waals surface area contributed by atoms with E-state index in [4.69, 9.17) is 29.6 Å². The van der Waals surface area contributed by atoms with Gasteiger partial charge in [0.15, 0.2) is 0 Å². The summed E-state index contributed by atoms with van der Waals surface area (Å²) < 4.78 is 0. The molecular weight excluding hydrogens is 276 g/mol. The van der Waals surface area contributed by atoms with E-state index < -0.39 is 0 Å². The van der Waals surface area contributed by atoms with Crippen molar-refractivity contribution in [1.29, 1.82) is 0 Å². The Bertz CT molecular complexity index is 618. The lowest BCUT2D eigenvalue weighted by atomic mass is 10.1. The zero-order chi connectivity index (χ0) is 14.0. The summed E-state index contributed by atoms with van der Waals surface area (Å²) in [6.45, 7) is 4.11. The van der Waals surface area contributed by atoms with E-state index in [1.54, 1.807) is 6.07 Å². The molecule has 0 saturated carbocycles. The Morgan fingerprint density at radius 3 is 2.26 bits per heavy atom. The lowest BCUT2D eigenvalue weighted by Gasteiger charge is -2.16. The van der Waals surface area contributed by atoms with E-state index in [2.05, 4.69) is 31.3 Å². The fraction of sp³-hybridized carbons (Fsp3) is 0.133. The molecule has 98 valence electrons. The quantitative estimate of drug-likeness (QED) is 0.826. The Morgan fingerprint density at radius 1 is 1.11 bits per heavy atom. The highest BCUT2D eigenvalue weighted by Crippen LogP contribution is 2.30. The van der Waals surface area contributed by atoms with Gasteiger partial charge in [0.1, 0.15) is 4.99 Å². The molecule has 2 nitrogen and oxygen atoms in total. The van der Waals surface area contributed by atoms with Crippen LogP contribution in [0.15, 0.2) is 36.4 Å². The SMILES string of the molecule is Cc1cccc(C)c1Nc1cccc(Cl)c1C(N)=S. The molecule has 4 heteroatoms. The molecule has 0 spiro atoms. The predicted molar refractivity (Wildman–Crippen MR) is 86.5 cm³/mol. The topological polar surface area (TPSA) is 38.0 Å². The largest absolute Gasteiger partial charge is 0.389 e. The molecule has 19 heavy (non-hydrogen) atoms. The second-order valence-corrected chi connectivity index (χ2v) is 5.27. The Hall–Kier alpha value is -1.58. The molecule has 0 saturated heterocycles. The van der Waals surface area contributed by atoms with Crippen LogP contribution in [-0.4, -0.2) is 4.99 Å². The third kappa shape index (κ3) is 2.88. The maximum Gasteiger partial charge on any atom is 0.107 e. The molecule has 0 fully saturated rings. The van der Waals surface area contributed by atoms with Crippen molar-refractivity contribution in [3.8, 4) is 0 Å². The van der Waals surface area contributed by atoms with Gasteiger partial charge in [-0.05, 0) is 37.1 Å². The number of nitrogens with two attached hydrogens (primary N) is 1.